The molecule has 1 aromatic rings. The van der Waals surface area contributed by atoms with Gasteiger partial charge in [0.05, 0.1) is 6.42 Å². The van der Waals surface area contributed by atoms with Crippen molar-refractivity contribution in [3.63, 3.8) is 0 Å². The average Bonchev–Trinajstić information content (AvgIpc) is 2.22. The molecule has 0 aliphatic carbocycles. The van der Waals surface area contributed by atoms with Gasteiger partial charge in [0.1, 0.15) is 6.61 Å². The number of benzene rings is 1. The largest absolute Gasteiger partial charge is 0.377 e. The van der Waals surface area contributed by atoms with E-state index in [0.717, 1.165) is 18.2 Å². The lowest BCUT2D eigenvalue weighted by molar-refractivity contribution is -0.121. The van der Waals surface area contributed by atoms with Crippen LogP contribution in [0.1, 0.15) is 16.8 Å². The van der Waals surface area contributed by atoms with Crippen LogP contribution in [0.3, 0.4) is 0 Å². The van der Waals surface area contributed by atoms with E-state index in [1.807, 2.05) is 0 Å². The number of ketones is 2. The molecule has 1 rings (SSSR count). The van der Waals surface area contributed by atoms with Gasteiger partial charge in [-0.25, -0.2) is 8.78 Å². The molecular formula is C11H10F2O3. The van der Waals surface area contributed by atoms with Gasteiger partial charge >= 0.3 is 0 Å². The first-order valence-corrected chi connectivity index (χ1v) is 4.53. The highest BCUT2D eigenvalue weighted by Gasteiger charge is 2.13. The first-order chi connectivity index (χ1) is 7.54. The Morgan fingerprint density at radius 1 is 1.25 bits per heavy atom. The molecule has 0 amide bonds. The van der Waals surface area contributed by atoms with Crippen molar-refractivity contribution in [1.82, 2.24) is 0 Å². The van der Waals surface area contributed by atoms with Crippen LogP contribution in [-0.2, 0) is 9.53 Å². The number of Topliss-reactive ketones (excluding diaryl/α,β-unsaturated/α-hetero) is 2. The second-order valence-electron chi connectivity index (χ2n) is 3.20. The molecule has 0 saturated heterocycles. The number of ether oxygens (including phenoxy) is 1. The maximum Gasteiger partial charge on any atom is 0.170 e. The lowest BCUT2D eigenvalue weighted by Gasteiger charge is -2.01. The molecule has 16 heavy (non-hydrogen) atoms. The number of hydrogen-bond acceptors (Lipinski definition) is 3. The van der Waals surface area contributed by atoms with Crippen LogP contribution in [0.2, 0.25) is 0 Å². The molecule has 0 aliphatic rings. The quantitative estimate of drug-likeness (QED) is 0.569. The van der Waals surface area contributed by atoms with Gasteiger partial charge in [0.2, 0.25) is 0 Å². The first kappa shape index (κ1) is 12.4. The number of carbonyl (C=O) groups excluding carboxylic acids is 2. The SMILES string of the molecule is COCC(=O)CC(=O)c1ccc(F)c(F)c1. The van der Waals surface area contributed by atoms with E-state index in [1.54, 1.807) is 0 Å². The zero-order valence-corrected chi connectivity index (χ0v) is 8.63. The number of rotatable bonds is 5. The Morgan fingerprint density at radius 2 is 1.94 bits per heavy atom. The zero-order valence-electron chi connectivity index (χ0n) is 8.63. The van der Waals surface area contributed by atoms with Crippen LogP contribution in [0.5, 0.6) is 0 Å². The molecular weight excluding hydrogens is 218 g/mol. The van der Waals surface area contributed by atoms with Crippen molar-refractivity contribution in [2.45, 2.75) is 6.42 Å². The Labute approximate surface area is 91.0 Å². The molecule has 0 unspecified atom stereocenters. The van der Waals surface area contributed by atoms with Crippen molar-refractivity contribution < 1.29 is 23.1 Å². The van der Waals surface area contributed by atoms with E-state index in [-0.39, 0.29) is 18.6 Å². The van der Waals surface area contributed by atoms with Crippen molar-refractivity contribution >= 4 is 11.6 Å². The molecule has 1 aromatic carbocycles. The van der Waals surface area contributed by atoms with Crippen LogP contribution < -0.4 is 0 Å². The predicted octanol–water partition coefficient (Wildman–Crippen LogP) is 1.75. The van der Waals surface area contributed by atoms with Gasteiger partial charge in [-0.3, -0.25) is 9.59 Å². The summed E-state index contributed by atoms with van der Waals surface area (Å²) in [6.07, 6.45) is -0.376. The summed E-state index contributed by atoms with van der Waals surface area (Å²) in [5.74, 6) is -3.09. The first-order valence-electron chi connectivity index (χ1n) is 4.53. The molecule has 0 fully saturated rings. The Balaban J connectivity index is 2.73. The monoisotopic (exact) mass is 228 g/mol. The highest BCUT2D eigenvalue weighted by atomic mass is 19.2. The molecule has 0 spiro atoms. The van der Waals surface area contributed by atoms with Gasteiger partial charge in [0.25, 0.3) is 0 Å². The molecule has 0 saturated carbocycles. The second kappa shape index (κ2) is 5.46. The van der Waals surface area contributed by atoms with Crippen LogP contribution in [0.25, 0.3) is 0 Å². The van der Waals surface area contributed by atoms with Gasteiger partial charge in [-0.15, -0.1) is 0 Å². The fraction of sp³-hybridized carbons (Fsp3) is 0.273. The Kier molecular flexibility index (Phi) is 4.25. The number of methoxy groups -OCH3 is 1. The topological polar surface area (TPSA) is 43.4 Å². The van der Waals surface area contributed by atoms with E-state index in [4.69, 9.17) is 0 Å². The van der Waals surface area contributed by atoms with Crippen molar-refractivity contribution in [3.8, 4) is 0 Å². The molecule has 0 heterocycles. The number of hydrogen-bond donors (Lipinski definition) is 0. The summed E-state index contributed by atoms with van der Waals surface area (Å²) in [6, 6.07) is 2.77. The second-order valence-corrected chi connectivity index (χ2v) is 3.20. The van der Waals surface area contributed by atoms with Crippen LogP contribution in [-0.4, -0.2) is 25.3 Å². The molecule has 0 aromatic heterocycles. The number of carbonyl (C=O) groups is 2. The zero-order chi connectivity index (χ0) is 12.1. The van der Waals surface area contributed by atoms with E-state index >= 15 is 0 Å². The van der Waals surface area contributed by atoms with E-state index < -0.39 is 23.2 Å². The summed E-state index contributed by atoms with van der Waals surface area (Å²) in [7, 11) is 1.33. The Hall–Kier alpha value is -1.62. The van der Waals surface area contributed by atoms with Gasteiger partial charge in [-0.2, -0.15) is 0 Å². The Bertz CT molecular complexity index is 416. The fourth-order valence-corrected chi connectivity index (χ4v) is 1.16. The molecule has 86 valence electrons. The van der Waals surface area contributed by atoms with Gasteiger partial charge in [-0.05, 0) is 18.2 Å². The molecule has 0 N–H and O–H groups in total. The van der Waals surface area contributed by atoms with Crippen molar-refractivity contribution in [2.24, 2.45) is 0 Å². The predicted molar refractivity (Wildman–Crippen MR) is 52.2 cm³/mol. The third-order valence-corrected chi connectivity index (χ3v) is 1.90. The van der Waals surface area contributed by atoms with Gasteiger partial charge < -0.3 is 4.74 Å². The summed E-state index contributed by atoms with van der Waals surface area (Å²) in [5, 5.41) is 0. The van der Waals surface area contributed by atoms with E-state index in [1.165, 1.54) is 7.11 Å². The molecule has 5 heteroatoms. The molecule has 3 nitrogen and oxygen atoms in total. The molecule has 0 aliphatic heterocycles. The molecule has 0 radical (unpaired) electrons. The summed E-state index contributed by atoms with van der Waals surface area (Å²) in [5.41, 5.74) is -0.0247. The summed E-state index contributed by atoms with van der Waals surface area (Å²) in [4.78, 5) is 22.5. The highest BCUT2D eigenvalue weighted by Crippen LogP contribution is 2.10. The smallest absolute Gasteiger partial charge is 0.170 e. The van der Waals surface area contributed by atoms with Gasteiger partial charge in [-0.1, -0.05) is 0 Å². The maximum absolute atomic E-state index is 12.8. The van der Waals surface area contributed by atoms with Crippen LogP contribution in [0.4, 0.5) is 8.78 Å². The number of halogens is 2. The molecule has 0 bridgehead atoms. The van der Waals surface area contributed by atoms with E-state index in [9.17, 15) is 18.4 Å². The minimum Gasteiger partial charge on any atom is -0.377 e. The average molecular weight is 228 g/mol. The summed E-state index contributed by atoms with van der Waals surface area (Å²) >= 11 is 0. The third-order valence-electron chi connectivity index (χ3n) is 1.90. The Morgan fingerprint density at radius 3 is 2.50 bits per heavy atom. The van der Waals surface area contributed by atoms with Crippen molar-refractivity contribution in [2.75, 3.05) is 13.7 Å². The molecule has 0 atom stereocenters. The normalized spacial score (nSPS) is 10.2. The van der Waals surface area contributed by atoms with E-state index in [0.29, 0.717) is 0 Å². The summed E-state index contributed by atoms with van der Waals surface area (Å²) in [6.45, 7) is -0.171. The third kappa shape index (κ3) is 3.20. The van der Waals surface area contributed by atoms with Gasteiger partial charge in [0, 0.05) is 12.7 Å². The summed E-state index contributed by atoms with van der Waals surface area (Å²) < 4.78 is 29.9. The van der Waals surface area contributed by atoms with Crippen LogP contribution in [0.15, 0.2) is 18.2 Å². The minimum atomic E-state index is -1.11. The maximum atomic E-state index is 12.8. The lowest BCUT2D eigenvalue weighted by atomic mass is 10.1. The van der Waals surface area contributed by atoms with Crippen molar-refractivity contribution in [1.29, 1.82) is 0 Å². The minimum absolute atomic E-state index is 0.0247. The fourth-order valence-electron chi connectivity index (χ4n) is 1.16. The lowest BCUT2D eigenvalue weighted by Crippen LogP contribution is -2.13. The van der Waals surface area contributed by atoms with Crippen LogP contribution >= 0.6 is 0 Å². The standard InChI is InChI=1S/C11H10F2O3/c1-16-6-8(14)5-11(15)7-2-3-9(12)10(13)4-7/h2-4H,5-6H2,1H3. The van der Waals surface area contributed by atoms with Crippen molar-refractivity contribution in [3.05, 3.63) is 35.4 Å². The highest BCUT2D eigenvalue weighted by molar-refractivity contribution is 6.08. The van der Waals surface area contributed by atoms with E-state index in [2.05, 4.69) is 4.74 Å². The van der Waals surface area contributed by atoms with Gasteiger partial charge in [0.15, 0.2) is 23.2 Å². The van der Waals surface area contributed by atoms with Crippen LogP contribution in [0, 0.1) is 11.6 Å².